The number of carbonyl (C=O) groups is 2. The van der Waals surface area contributed by atoms with Crippen molar-refractivity contribution >= 4 is 11.8 Å². The number of benzene rings is 1. The molecule has 0 saturated carbocycles. The molecule has 1 fully saturated rings. The van der Waals surface area contributed by atoms with Crippen molar-refractivity contribution in [1.82, 2.24) is 10.2 Å². The van der Waals surface area contributed by atoms with Crippen LogP contribution in [0.4, 0.5) is 0 Å². The van der Waals surface area contributed by atoms with Crippen LogP contribution in [-0.2, 0) is 22.4 Å². The molecule has 1 heterocycles. The Kier molecular flexibility index (Phi) is 5.16. The van der Waals surface area contributed by atoms with Crippen LogP contribution in [0.25, 0.3) is 0 Å². The lowest BCUT2D eigenvalue weighted by Crippen LogP contribution is -2.54. The lowest BCUT2D eigenvalue weighted by atomic mass is 9.78. The van der Waals surface area contributed by atoms with E-state index in [1.54, 1.807) is 0 Å². The second-order valence-corrected chi connectivity index (χ2v) is 8.27. The van der Waals surface area contributed by atoms with Gasteiger partial charge in [-0.15, -0.1) is 0 Å². The summed E-state index contributed by atoms with van der Waals surface area (Å²) in [6.07, 6.45) is 4.65. The van der Waals surface area contributed by atoms with Crippen LogP contribution in [-0.4, -0.2) is 35.3 Å². The highest BCUT2D eigenvalue weighted by atomic mass is 16.2. The second-order valence-electron chi connectivity index (χ2n) is 8.27. The number of piperidine rings is 1. The summed E-state index contributed by atoms with van der Waals surface area (Å²) in [5, 5.41) is 3.32. The van der Waals surface area contributed by atoms with Gasteiger partial charge in [0.25, 0.3) is 0 Å². The topological polar surface area (TPSA) is 49.4 Å². The molecule has 2 amide bonds. The number of likely N-dealkylation sites (tertiary alicyclic amines) is 1. The summed E-state index contributed by atoms with van der Waals surface area (Å²) in [6.45, 7) is 7.35. The molecule has 4 nitrogen and oxygen atoms in total. The highest BCUT2D eigenvalue weighted by Crippen LogP contribution is 2.29. The summed E-state index contributed by atoms with van der Waals surface area (Å²) < 4.78 is 0. The zero-order chi connectivity index (χ0) is 18.0. The predicted molar refractivity (Wildman–Crippen MR) is 99.2 cm³/mol. The molecule has 1 aromatic rings. The van der Waals surface area contributed by atoms with E-state index in [-0.39, 0.29) is 29.2 Å². The zero-order valence-corrected chi connectivity index (χ0v) is 15.7. The lowest BCUT2D eigenvalue weighted by molar-refractivity contribution is -0.138. The number of fused-ring (bicyclic) bond motifs is 1. The minimum Gasteiger partial charge on any atom is -0.350 e. The van der Waals surface area contributed by atoms with Crippen molar-refractivity contribution in [1.29, 1.82) is 0 Å². The first-order chi connectivity index (χ1) is 11.9. The molecule has 4 heteroatoms. The minimum atomic E-state index is -0.185. The molecule has 2 aliphatic rings. The molecule has 0 spiro atoms. The van der Waals surface area contributed by atoms with E-state index in [0.717, 1.165) is 38.6 Å². The average Bonchev–Trinajstić information content (AvgIpc) is 2.60. The molecule has 25 heavy (non-hydrogen) atoms. The SMILES string of the molecule is CC(C)C(=O)N1CCCC(C(=O)NC2(C)CCc3ccccc3C2)C1. The van der Waals surface area contributed by atoms with Crippen molar-refractivity contribution in [3.8, 4) is 0 Å². The van der Waals surface area contributed by atoms with Gasteiger partial charge in [-0.1, -0.05) is 38.1 Å². The van der Waals surface area contributed by atoms with Gasteiger partial charge in [0, 0.05) is 24.5 Å². The van der Waals surface area contributed by atoms with Crippen LogP contribution in [0.2, 0.25) is 0 Å². The molecule has 0 bridgehead atoms. The second kappa shape index (κ2) is 7.19. The highest BCUT2D eigenvalue weighted by Gasteiger charge is 2.35. The number of aryl methyl sites for hydroxylation is 1. The van der Waals surface area contributed by atoms with Crippen molar-refractivity contribution in [3.63, 3.8) is 0 Å². The lowest BCUT2D eigenvalue weighted by Gasteiger charge is -2.39. The van der Waals surface area contributed by atoms with Gasteiger partial charge in [-0.25, -0.2) is 0 Å². The summed E-state index contributed by atoms with van der Waals surface area (Å²) in [5.41, 5.74) is 2.56. The molecule has 1 N–H and O–H groups in total. The van der Waals surface area contributed by atoms with Crippen molar-refractivity contribution in [3.05, 3.63) is 35.4 Å². The number of amides is 2. The van der Waals surface area contributed by atoms with Gasteiger partial charge in [-0.3, -0.25) is 9.59 Å². The van der Waals surface area contributed by atoms with Crippen molar-refractivity contribution in [2.24, 2.45) is 11.8 Å². The molecule has 1 aliphatic carbocycles. The molecule has 3 rings (SSSR count). The maximum atomic E-state index is 12.9. The maximum Gasteiger partial charge on any atom is 0.225 e. The van der Waals surface area contributed by atoms with Crippen LogP contribution in [0.1, 0.15) is 51.2 Å². The van der Waals surface area contributed by atoms with E-state index < -0.39 is 0 Å². The van der Waals surface area contributed by atoms with Gasteiger partial charge in [-0.05, 0) is 50.2 Å². The van der Waals surface area contributed by atoms with E-state index in [9.17, 15) is 9.59 Å². The van der Waals surface area contributed by atoms with Crippen LogP contribution < -0.4 is 5.32 Å². The van der Waals surface area contributed by atoms with Gasteiger partial charge in [0.05, 0.1) is 5.92 Å². The molecule has 2 atom stereocenters. The van der Waals surface area contributed by atoms with Crippen LogP contribution in [0.15, 0.2) is 24.3 Å². The van der Waals surface area contributed by atoms with Crippen molar-refractivity contribution < 1.29 is 9.59 Å². The third kappa shape index (κ3) is 4.05. The van der Waals surface area contributed by atoms with Crippen LogP contribution in [0.5, 0.6) is 0 Å². The normalized spacial score (nSPS) is 26.2. The molecular weight excluding hydrogens is 312 g/mol. The van der Waals surface area contributed by atoms with E-state index in [1.807, 2.05) is 18.7 Å². The van der Waals surface area contributed by atoms with Gasteiger partial charge >= 0.3 is 0 Å². The fourth-order valence-electron chi connectivity index (χ4n) is 4.16. The first-order valence-corrected chi connectivity index (χ1v) is 9.55. The quantitative estimate of drug-likeness (QED) is 0.918. The molecule has 1 saturated heterocycles. The Morgan fingerprint density at radius 1 is 1.24 bits per heavy atom. The van der Waals surface area contributed by atoms with E-state index in [4.69, 9.17) is 0 Å². The molecular formula is C21H30N2O2. The fourth-order valence-corrected chi connectivity index (χ4v) is 4.16. The molecule has 0 aromatic heterocycles. The molecule has 1 aromatic carbocycles. The summed E-state index contributed by atoms with van der Waals surface area (Å²) >= 11 is 0. The van der Waals surface area contributed by atoms with Gasteiger partial charge < -0.3 is 10.2 Å². The first-order valence-electron chi connectivity index (χ1n) is 9.55. The Morgan fingerprint density at radius 3 is 2.68 bits per heavy atom. The van der Waals surface area contributed by atoms with Crippen molar-refractivity contribution in [2.75, 3.05) is 13.1 Å². The van der Waals surface area contributed by atoms with E-state index in [1.165, 1.54) is 11.1 Å². The number of carbonyl (C=O) groups excluding carboxylic acids is 2. The minimum absolute atomic E-state index is 0.00539. The molecule has 2 unspecified atom stereocenters. The number of hydrogen-bond acceptors (Lipinski definition) is 2. The largest absolute Gasteiger partial charge is 0.350 e. The Labute approximate surface area is 151 Å². The Balaban J connectivity index is 1.63. The Bertz CT molecular complexity index is 655. The third-order valence-electron chi connectivity index (χ3n) is 5.67. The fraction of sp³-hybridized carbons (Fsp3) is 0.619. The third-order valence-corrected chi connectivity index (χ3v) is 5.67. The smallest absolute Gasteiger partial charge is 0.225 e. The molecule has 136 valence electrons. The number of nitrogens with one attached hydrogen (secondary N) is 1. The first kappa shape index (κ1) is 18.0. The van der Waals surface area contributed by atoms with Gasteiger partial charge in [0.15, 0.2) is 0 Å². The number of nitrogens with zero attached hydrogens (tertiary/aromatic N) is 1. The van der Waals surface area contributed by atoms with Gasteiger partial charge in [0.2, 0.25) is 11.8 Å². The average molecular weight is 342 g/mol. The van der Waals surface area contributed by atoms with E-state index >= 15 is 0 Å². The number of hydrogen-bond donors (Lipinski definition) is 1. The summed E-state index contributed by atoms with van der Waals surface area (Å²) in [5.74, 6) is 0.193. The van der Waals surface area contributed by atoms with Gasteiger partial charge in [-0.2, -0.15) is 0 Å². The zero-order valence-electron chi connectivity index (χ0n) is 15.7. The molecule has 0 radical (unpaired) electrons. The maximum absolute atomic E-state index is 12.9. The van der Waals surface area contributed by atoms with Crippen molar-refractivity contribution in [2.45, 2.75) is 58.4 Å². The molecule has 1 aliphatic heterocycles. The summed E-state index contributed by atoms with van der Waals surface area (Å²) in [4.78, 5) is 27.0. The monoisotopic (exact) mass is 342 g/mol. The van der Waals surface area contributed by atoms with Crippen LogP contribution in [0.3, 0.4) is 0 Å². The standard InChI is InChI=1S/C21H30N2O2/c1-15(2)20(25)23-12-6-9-18(14-23)19(24)22-21(3)11-10-16-7-4-5-8-17(16)13-21/h4-5,7-8,15,18H,6,9-14H2,1-3H3,(H,22,24). The number of rotatable bonds is 3. The predicted octanol–water partition coefficient (Wildman–Crippen LogP) is 2.94. The Hall–Kier alpha value is -1.84. The van der Waals surface area contributed by atoms with Crippen LogP contribution >= 0.6 is 0 Å². The van der Waals surface area contributed by atoms with E-state index in [2.05, 4.69) is 36.5 Å². The summed E-state index contributed by atoms with van der Waals surface area (Å²) in [7, 11) is 0. The van der Waals surface area contributed by atoms with Crippen LogP contribution in [0, 0.1) is 11.8 Å². The highest BCUT2D eigenvalue weighted by molar-refractivity contribution is 5.82. The van der Waals surface area contributed by atoms with E-state index in [0.29, 0.717) is 6.54 Å². The summed E-state index contributed by atoms with van der Waals surface area (Å²) in [6, 6.07) is 8.52. The van der Waals surface area contributed by atoms with Gasteiger partial charge in [0.1, 0.15) is 0 Å². The Morgan fingerprint density at radius 2 is 1.96 bits per heavy atom.